The number of pyridine rings is 1. The van der Waals surface area contributed by atoms with Crippen molar-refractivity contribution in [1.82, 2.24) is 4.98 Å². The van der Waals surface area contributed by atoms with Gasteiger partial charge in [-0.05, 0) is 59.2 Å². The molecule has 3 rings (SSSR count). The average Bonchev–Trinajstić information content (AvgIpc) is 2.70. The van der Waals surface area contributed by atoms with Crippen molar-refractivity contribution < 1.29 is 4.39 Å². The number of hydrogen-bond donors (Lipinski definition) is 0. The lowest BCUT2D eigenvalue weighted by Gasteiger charge is -2.05. The van der Waals surface area contributed by atoms with E-state index in [9.17, 15) is 4.39 Å². The molecule has 1 heterocycles. The first-order valence-electron chi connectivity index (χ1n) is 10.1. The van der Waals surface area contributed by atoms with Crippen LogP contribution in [0, 0.1) is 5.82 Å². The van der Waals surface area contributed by atoms with Crippen LogP contribution in [-0.2, 0) is 0 Å². The van der Waals surface area contributed by atoms with Crippen molar-refractivity contribution >= 4 is 11.6 Å². The van der Waals surface area contributed by atoms with Crippen LogP contribution in [0.5, 0.6) is 0 Å². The van der Waals surface area contributed by atoms with Crippen LogP contribution >= 0.6 is 11.6 Å². The predicted molar refractivity (Wildman–Crippen MR) is 124 cm³/mol. The first kappa shape index (κ1) is 24.8. The Labute approximate surface area is 181 Å². The maximum atomic E-state index is 12.4. The highest BCUT2D eigenvalue weighted by Gasteiger charge is 2.01. The van der Waals surface area contributed by atoms with Crippen molar-refractivity contribution in [3.63, 3.8) is 0 Å². The summed E-state index contributed by atoms with van der Waals surface area (Å²) in [5, 5.41) is 0.873. The Morgan fingerprint density at radius 2 is 1.28 bits per heavy atom. The summed E-state index contributed by atoms with van der Waals surface area (Å²) in [6, 6.07) is 20.6. The lowest BCUT2D eigenvalue weighted by molar-refractivity contribution is 0.626. The molecule has 3 aromatic rings. The van der Waals surface area contributed by atoms with Crippen LogP contribution in [0.15, 0.2) is 72.9 Å². The fourth-order valence-corrected chi connectivity index (χ4v) is 2.86. The van der Waals surface area contributed by atoms with Crippen molar-refractivity contribution in [3.8, 4) is 0 Å². The Balaban J connectivity index is 0.000000218. The van der Waals surface area contributed by atoms with E-state index in [0.717, 1.165) is 10.7 Å². The minimum absolute atomic E-state index is 0.163. The highest BCUT2D eigenvalue weighted by atomic mass is 35.5. The fraction of sp³-hybridized carbons (Fsp3) is 0.346. The van der Waals surface area contributed by atoms with Crippen molar-refractivity contribution in [2.45, 2.75) is 59.3 Å². The van der Waals surface area contributed by atoms with Crippen molar-refractivity contribution in [3.05, 3.63) is 101 Å². The molecule has 0 amide bonds. The Bertz CT molecular complexity index is 812. The molecule has 0 bridgehead atoms. The number of hydrogen-bond acceptors (Lipinski definition) is 1. The second-order valence-electron chi connectivity index (χ2n) is 7.79. The lowest BCUT2D eigenvalue weighted by Crippen LogP contribution is -1.88. The molecule has 0 spiro atoms. The molecule has 0 saturated heterocycles. The van der Waals surface area contributed by atoms with Gasteiger partial charge in [-0.3, -0.25) is 4.98 Å². The number of nitrogens with zero attached hydrogens (tertiary/aromatic N) is 1. The van der Waals surface area contributed by atoms with Gasteiger partial charge in [-0.1, -0.05) is 89.5 Å². The van der Waals surface area contributed by atoms with Gasteiger partial charge in [0.15, 0.2) is 0 Å². The monoisotopic (exact) mass is 413 g/mol. The van der Waals surface area contributed by atoms with E-state index in [-0.39, 0.29) is 5.82 Å². The molecule has 1 nitrogen and oxygen atoms in total. The van der Waals surface area contributed by atoms with Crippen LogP contribution in [-0.4, -0.2) is 4.98 Å². The standard InChI is InChI=1S/C9H11Cl.C9H11F.C8H11N/c1-7(2)8-5-3-4-6-9(8)10;1-7(2)8-3-5-9(10)6-4-8;1-7(2)8-5-3-4-6-9-8/h2*3-7H,1-2H3;3-7H,1-2H3. The zero-order valence-electron chi connectivity index (χ0n) is 18.4. The Morgan fingerprint density at radius 1 is 0.690 bits per heavy atom. The summed E-state index contributed by atoms with van der Waals surface area (Å²) in [6.45, 7) is 12.7. The van der Waals surface area contributed by atoms with Gasteiger partial charge in [-0.15, -0.1) is 0 Å². The third kappa shape index (κ3) is 9.71. The molecule has 0 atom stereocenters. The van der Waals surface area contributed by atoms with Gasteiger partial charge in [-0.2, -0.15) is 0 Å². The molecule has 156 valence electrons. The van der Waals surface area contributed by atoms with Gasteiger partial charge in [0.1, 0.15) is 5.82 Å². The third-order valence-corrected chi connectivity index (χ3v) is 4.69. The molecule has 0 unspecified atom stereocenters. The van der Waals surface area contributed by atoms with Gasteiger partial charge in [-0.25, -0.2) is 4.39 Å². The molecule has 0 fully saturated rings. The van der Waals surface area contributed by atoms with E-state index in [1.54, 1.807) is 0 Å². The number of halogens is 2. The first-order valence-corrected chi connectivity index (χ1v) is 10.5. The average molecular weight is 414 g/mol. The predicted octanol–water partition coefficient (Wildman–Crippen LogP) is 8.62. The molecular weight excluding hydrogens is 381 g/mol. The van der Waals surface area contributed by atoms with Crippen LogP contribution in [0.2, 0.25) is 5.02 Å². The number of aromatic nitrogens is 1. The summed E-state index contributed by atoms with van der Waals surface area (Å²) in [5.41, 5.74) is 3.57. The molecule has 0 radical (unpaired) electrons. The zero-order valence-corrected chi connectivity index (χ0v) is 19.1. The second-order valence-corrected chi connectivity index (χ2v) is 8.20. The highest BCUT2D eigenvalue weighted by Crippen LogP contribution is 2.22. The molecule has 1 aromatic heterocycles. The van der Waals surface area contributed by atoms with Gasteiger partial charge in [0.25, 0.3) is 0 Å². The molecule has 2 aromatic carbocycles. The van der Waals surface area contributed by atoms with Crippen molar-refractivity contribution in [2.24, 2.45) is 0 Å². The van der Waals surface area contributed by atoms with E-state index in [0.29, 0.717) is 17.8 Å². The summed E-state index contributed by atoms with van der Waals surface area (Å²) < 4.78 is 12.4. The minimum atomic E-state index is -0.163. The molecule has 0 aliphatic carbocycles. The first-order chi connectivity index (χ1) is 13.7. The van der Waals surface area contributed by atoms with Crippen molar-refractivity contribution in [2.75, 3.05) is 0 Å². The van der Waals surface area contributed by atoms with E-state index in [1.165, 1.54) is 23.3 Å². The molecule has 0 N–H and O–H groups in total. The largest absolute Gasteiger partial charge is 0.261 e. The Morgan fingerprint density at radius 3 is 1.66 bits per heavy atom. The second kappa shape index (κ2) is 13.1. The van der Waals surface area contributed by atoms with E-state index >= 15 is 0 Å². The highest BCUT2D eigenvalue weighted by molar-refractivity contribution is 6.31. The Hall–Kier alpha value is -2.19. The topological polar surface area (TPSA) is 12.9 Å². The molecule has 0 aliphatic rings. The zero-order chi connectivity index (χ0) is 21.8. The third-order valence-electron chi connectivity index (χ3n) is 4.34. The van der Waals surface area contributed by atoms with E-state index in [4.69, 9.17) is 11.6 Å². The molecular formula is C26H33ClFN. The van der Waals surface area contributed by atoms with E-state index in [1.807, 2.05) is 54.7 Å². The summed E-state index contributed by atoms with van der Waals surface area (Å²) in [6.07, 6.45) is 1.83. The maximum absolute atomic E-state index is 12.4. The summed E-state index contributed by atoms with van der Waals surface area (Å²) in [7, 11) is 0. The SMILES string of the molecule is CC(C)c1ccc(F)cc1.CC(C)c1ccccc1Cl.CC(C)c1ccccn1. The summed E-state index contributed by atoms with van der Waals surface area (Å²) in [5.74, 6) is 1.39. The van der Waals surface area contributed by atoms with Gasteiger partial charge in [0.2, 0.25) is 0 Å². The lowest BCUT2D eigenvalue weighted by atomic mass is 10.0. The summed E-state index contributed by atoms with van der Waals surface area (Å²) in [4.78, 5) is 4.18. The number of rotatable bonds is 3. The van der Waals surface area contributed by atoms with E-state index < -0.39 is 0 Å². The molecule has 29 heavy (non-hydrogen) atoms. The van der Waals surface area contributed by atoms with Gasteiger partial charge < -0.3 is 0 Å². The quantitative estimate of drug-likeness (QED) is 0.418. The molecule has 0 saturated carbocycles. The van der Waals surface area contributed by atoms with Gasteiger partial charge in [0.05, 0.1) is 0 Å². The van der Waals surface area contributed by atoms with Crippen molar-refractivity contribution in [1.29, 1.82) is 0 Å². The van der Waals surface area contributed by atoms with Crippen LogP contribution in [0.1, 0.15) is 76.1 Å². The van der Waals surface area contributed by atoms with Crippen LogP contribution < -0.4 is 0 Å². The fourth-order valence-electron chi connectivity index (χ4n) is 2.51. The summed E-state index contributed by atoms with van der Waals surface area (Å²) >= 11 is 5.92. The Kier molecular flexibility index (Phi) is 11.2. The smallest absolute Gasteiger partial charge is 0.123 e. The van der Waals surface area contributed by atoms with E-state index in [2.05, 4.69) is 52.6 Å². The maximum Gasteiger partial charge on any atom is 0.123 e. The molecule has 3 heteroatoms. The number of benzene rings is 2. The normalized spacial score (nSPS) is 10.3. The van der Waals surface area contributed by atoms with Gasteiger partial charge in [0, 0.05) is 16.9 Å². The minimum Gasteiger partial charge on any atom is -0.261 e. The van der Waals surface area contributed by atoms with Crippen LogP contribution in [0.3, 0.4) is 0 Å². The van der Waals surface area contributed by atoms with Crippen LogP contribution in [0.4, 0.5) is 4.39 Å². The van der Waals surface area contributed by atoms with Crippen LogP contribution in [0.25, 0.3) is 0 Å². The van der Waals surface area contributed by atoms with Gasteiger partial charge >= 0.3 is 0 Å². The molecule has 0 aliphatic heterocycles.